The molecule has 2 aromatic rings. The zero-order chi connectivity index (χ0) is 13.2. The molecule has 1 N–H and O–H groups in total. The van der Waals surface area contributed by atoms with Crippen molar-refractivity contribution in [3.05, 3.63) is 42.1 Å². The van der Waals surface area contributed by atoms with Crippen LogP contribution in [0.3, 0.4) is 0 Å². The molecule has 0 aliphatic heterocycles. The minimum atomic E-state index is -3.58. The maximum Gasteiger partial charge on any atom is 0.263 e. The van der Waals surface area contributed by atoms with Crippen molar-refractivity contribution < 1.29 is 8.42 Å². The van der Waals surface area contributed by atoms with Crippen LogP contribution in [-0.2, 0) is 23.0 Å². The highest BCUT2D eigenvalue weighted by atomic mass is 35.5. The number of rotatable bonds is 4. The molecular formula is C11H12ClN3O2S. The normalized spacial score (nSPS) is 11.4. The summed E-state index contributed by atoms with van der Waals surface area (Å²) < 4.78 is 28.0. The van der Waals surface area contributed by atoms with Gasteiger partial charge in [-0.3, -0.25) is 9.40 Å². The van der Waals surface area contributed by atoms with Gasteiger partial charge in [0.25, 0.3) is 10.0 Å². The molecular weight excluding hydrogens is 274 g/mol. The fourth-order valence-corrected chi connectivity index (χ4v) is 2.69. The molecule has 1 heterocycles. The summed E-state index contributed by atoms with van der Waals surface area (Å²) in [6, 6.07) is 8.01. The summed E-state index contributed by atoms with van der Waals surface area (Å²) in [6.45, 7) is 0. The van der Waals surface area contributed by atoms with Crippen molar-refractivity contribution in [1.29, 1.82) is 0 Å². The number of anilines is 1. The Morgan fingerprint density at radius 3 is 2.44 bits per heavy atom. The molecule has 96 valence electrons. The van der Waals surface area contributed by atoms with Crippen LogP contribution < -0.4 is 4.72 Å². The third-order valence-electron chi connectivity index (χ3n) is 2.45. The monoisotopic (exact) mass is 285 g/mol. The van der Waals surface area contributed by atoms with Gasteiger partial charge in [-0.05, 0) is 17.7 Å². The van der Waals surface area contributed by atoms with Crippen LogP contribution >= 0.6 is 11.6 Å². The van der Waals surface area contributed by atoms with Gasteiger partial charge in [0.2, 0.25) is 0 Å². The Morgan fingerprint density at radius 2 is 1.94 bits per heavy atom. The molecule has 0 bridgehead atoms. The summed E-state index contributed by atoms with van der Waals surface area (Å²) in [7, 11) is -1.92. The second-order valence-electron chi connectivity index (χ2n) is 3.72. The Morgan fingerprint density at radius 1 is 1.28 bits per heavy atom. The fraction of sp³-hybridized carbons (Fsp3) is 0.182. The quantitative estimate of drug-likeness (QED) is 0.874. The topological polar surface area (TPSA) is 64.0 Å². The van der Waals surface area contributed by atoms with E-state index in [1.807, 2.05) is 0 Å². The van der Waals surface area contributed by atoms with Gasteiger partial charge in [-0.25, -0.2) is 8.42 Å². The first-order chi connectivity index (χ1) is 8.53. The number of hydrogen-bond donors (Lipinski definition) is 1. The number of nitrogens with zero attached hydrogens (tertiary/aromatic N) is 2. The molecule has 0 aliphatic rings. The van der Waals surface area contributed by atoms with Crippen molar-refractivity contribution in [2.24, 2.45) is 7.05 Å². The van der Waals surface area contributed by atoms with Gasteiger partial charge in [0.1, 0.15) is 5.82 Å². The number of aromatic nitrogens is 2. The van der Waals surface area contributed by atoms with E-state index in [0.29, 0.717) is 11.7 Å². The summed E-state index contributed by atoms with van der Waals surface area (Å²) >= 11 is 5.65. The van der Waals surface area contributed by atoms with Crippen molar-refractivity contribution in [3.8, 4) is 0 Å². The number of benzene rings is 1. The molecule has 0 saturated heterocycles. The highest BCUT2D eigenvalue weighted by Gasteiger charge is 2.15. The van der Waals surface area contributed by atoms with Crippen LogP contribution in [0.25, 0.3) is 0 Å². The second-order valence-corrected chi connectivity index (χ2v) is 5.67. The van der Waals surface area contributed by atoms with Gasteiger partial charge in [0, 0.05) is 19.0 Å². The van der Waals surface area contributed by atoms with Gasteiger partial charge in [0.15, 0.2) is 0 Å². The Kier molecular flexibility index (Phi) is 3.58. The van der Waals surface area contributed by atoms with Crippen LogP contribution in [0.2, 0.25) is 0 Å². The molecule has 0 spiro atoms. The molecule has 0 atom stereocenters. The average molecular weight is 286 g/mol. The summed E-state index contributed by atoms with van der Waals surface area (Å²) in [5, 5.41) is 3.89. The number of aryl methyl sites for hydroxylation is 1. The lowest BCUT2D eigenvalue weighted by molar-refractivity contribution is 0.600. The summed E-state index contributed by atoms with van der Waals surface area (Å²) in [6.07, 6.45) is 1.52. The lowest BCUT2D eigenvalue weighted by atomic mass is 10.2. The second kappa shape index (κ2) is 4.99. The van der Waals surface area contributed by atoms with E-state index in [1.54, 1.807) is 25.2 Å². The van der Waals surface area contributed by atoms with Crippen molar-refractivity contribution in [2.75, 3.05) is 4.72 Å². The molecule has 7 heteroatoms. The van der Waals surface area contributed by atoms with Gasteiger partial charge in [-0.15, -0.1) is 11.6 Å². The van der Waals surface area contributed by atoms with Crippen LogP contribution in [0, 0.1) is 0 Å². The first-order valence-electron chi connectivity index (χ1n) is 5.18. The molecule has 0 saturated carbocycles. The lowest BCUT2D eigenvalue weighted by Crippen LogP contribution is -2.15. The molecule has 0 aliphatic carbocycles. The molecule has 1 aromatic heterocycles. The minimum Gasteiger partial charge on any atom is -0.264 e. The van der Waals surface area contributed by atoms with E-state index in [1.165, 1.54) is 23.0 Å². The van der Waals surface area contributed by atoms with E-state index in [0.717, 1.165) is 5.56 Å². The first kappa shape index (κ1) is 12.9. The largest absolute Gasteiger partial charge is 0.264 e. The van der Waals surface area contributed by atoms with Gasteiger partial charge in [-0.1, -0.05) is 12.1 Å². The Hall–Kier alpha value is -1.53. The SMILES string of the molecule is Cn1nccc1NS(=O)(=O)c1ccc(CCl)cc1. The average Bonchev–Trinajstić information content (AvgIpc) is 2.74. The van der Waals surface area contributed by atoms with Crippen LogP contribution in [-0.4, -0.2) is 18.2 Å². The van der Waals surface area contributed by atoms with Crippen molar-refractivity contribution in [1.82, 2.24) is 9.78 Å². The van der Waals surface area contributed by atoms with Crippen LogP contribution in [0.1, 0.15) is 5.56 Å². The lowest BCUT2D eigenvalue weighted by Gasteiger charge is -2.08. The van der Waals surface area contributed by atoms with Gasteiger partial charge in [-0.2, -0.15) is 5.10 Å². The molecule has 0 fully saturated rings. The molecule has 1 aromatic carbocycles. The Labute approximate surface area is 110 Å². The number of nitrogens with one attached hydrogen (secondary N) is 1. The first-order valence-corrected chi connectivity index (χ1v) is 7.20. The van der Waals surface area contributed by atoms with Crippen molar-refractivity contribution in [3.63, 3.8) is 0 Å². The molecule has 0 unspecified atom stereocenters. The third-order valence-corrected chi connectivity index (χ3v) is 4.13. The Bertz CT molecular complexity index is 635. The van der Waals surface area contributed by atoms with E-state index in [-0.39, 0.29) is 4.90 Å². The van der Waals surface area contributed by atoms with Crippen molar-refractivity contribution >= 4 is 27.4 Å². The predicted octanol–water partition coefficient (Wildman–Crippen LogP) is 1.96. The van der Waals surface area contributed by atoms with Crippen molar-refractivity contribution in [2.45, 2.75) is 10.8 Å². The van der Waals surface area contributed by atoms with Gasteiger partial charge < -0.3 is 0 Å². The van der Waals surface area contributed by atoms with Gasteiger partial charge in [0.05, 0.1) is 11.1 Å². The fourth-order valence-electron chi connectivity index (χ4n) is 1.43. The Balaban J connectivity index is 2.28. The standard InChI is InChI=1S/C11H12ClN3O2S/c1-15-11(6-7-13-15)14-18(16,17)10-4-2-9(8-12)3-5-10/h2-7,14H,8H2,1H3. The maximum absolute atomic E-state index is 12.1. The van der Waals surface area contributed by atoms with E-state index in [4.69, 9.17) is 11.6 Å². The van der Waals surface area contributed by atoms with E-state index in [2.05, 4.69) is 9.82 Å². The molecule has 0 amide bonds. The predicted molar refractivity (Wildman–Crippen MR) is 70.0 cm³/mol. The van der Waals surface area contributed by atoms with E-state index >= 15 is 0 Å². The molecule has 5 nitrogen and oxygen atoms in total. The van der Waals surface area contributed by atoms with Crippen LogP contribution in [0.4, 0.5) is 5.82 Å². The smallest absolute Gasteiger partial charge is 0.263 e. The van der Waals surface area contributed by atoms with Gasteiger partial charge >= 0.3 is 0 Å². The zero-order valence-corrected chi connectivity index (χ0v) is 11.2. The summed E-state index contributed by atoms with van der Waals surface area (Å²) in [5.74, 6) is 0.770. The van der Waals surface area contributed by atoms with Crippen LogP contribution in [0.15, 0.2) is 41.4 Å². The van der Waals surface area contributed by atoms with Crippen LogP contribution in [0.5, 0.6) is 0 Å². The number of alkyl halides is 1. The zero-order valence-electron chi connectivity index (χ0n) is 9.67. The summed E-state index contributed by atoms with van der Waals surface area (Å²) in [5.41, 5.74) is 0.871. The number of sulfonamides is 1. The minimum absolute atomic E-state index is 0.192. The highest BCUT2D eigenvalue weighted by molar-refractivity contribution is 7.92. The number of halogens is 1. The molecule has 18 heavy (non-hydrogen) atoms. The molecule has 2 rings (SSSR count). The van der Waals surface area contributed by atoms with E-state index in [9.17, 15) is 8.42 Å². The molecule has 0 radical (unpaired) electrons. The third kappa shape index (κ3) is 2.65. The maximum atomic E-state index is 12.1. The number of hydrogen-bond acceptors (Lipinski definition) is 3. The summed E-state index contributed by atoms with van der Waals surface area (Å²) in [4.78, 5) is 0.192. The van der Waals surface area contributed by atoms with E-state index < -0.39 is 10.0 Å². The highest BCUT2D eigenvalue weighted by Crippen LogP contribution is 2.16.